The van der Waals surface area contributed by atoms with Crippen molar-refractivity contribution in [1.29, 1.82) is 0 Å². The van der Waals surface area contributed by atoms with Crippen LogP contribution in [-0.2, 0) is 6.61 Å². The molecule has 0 aliphatic heterocycles. The number of aliphatic hydroxyl groups is 1. The fourth-order valence-corrected chi connectivity index (χ4v) is 1.90. The molecule has 0 atom stereocenters. The van der Waals surface area contributed by atoms with Crippen molar-refractivity contribution in [2.24, 2.45) is 0 Å². The third-order valence-electron chi connectivity index (χ3n) is 2.87. The number of ether oxygens (including phenoxy) is 1. The molecule has 0 fully saturated rings. The molecule has 0 unspecified atom stereocenters. The summed E-state index contributed by atoms with van der Waals surface area (Å²) in [5, 5.41) is 18.2. The molecule has 2 aromatic carbocycles. The largest absolute Gasteiger partial charge is 0.496 e. The van der Waals surface area contributed by atoms with E-state index in [4.69, 9.17) is 14.9 Å². The van der Waals surface area contributed by atoms with Crippen LogP contribution in [0.2, 0.25) is 0 Å². The van der Waals surface area contributed by atoms with Gasteiger partial charge in [-0.25, -0.2) is 4.79 Å². The summed E-state index contributed by atoms with van der Waals surface area (Å²) in [5.41, 5.74) is 2.68. The Hall–Kier alpha value is -2.33. The van der Waals surface area contributed by atoms with Crippen LogP contribution in [-0.4, -0.2) is 23.3 Å². The maximum atomic E-state index is 11.0. The highest BCUT2D eigenvalue weighted by Crippen LogP contribution is 2.27. The van der Waals surface area contributed by atoms with Gasteiger partial charge in [-0.05, 0) is 34.9 Å². The molecule has 19 heavy (non-hydrogen) atoms. The smallest absolute Gasteiger partial charge is 0.339 e. The van der Waals surface area contributed by atoms with Crippen molar-refractivity contribution in [1.82, 2.24) is 0 Å². The predicted molar refractivity (Wildman–Crippen MR) is 71.3 cm³/mol. The van der Waals surface area contributed by atoms with Crippen LogP contribution < -0.4 is 4.74 Å². The number of carboxylic acid groups (broad SMARTS) is 1. The number of hydrogen-bond donors (Lipinski definition) is 2. The summed E-state index contributed by atoms with van der Waals surface area (Å²) in [5.74, 6) is -0.702. The number of hydrogen-bond acceptors (Lipinski definition) is 3. The fourth-order valence-electron chi connectivity index (χ4n) is 1.90. The van der Waals surface area contributed by atoms with Crippen LogP contribution in [0.1, 0.15) is 15.9 Å². The van der Waals surface area contributed by atoms with Crippen LogP contribution in [0.5, 0.6) is 5.75 Å². The van der Waals surface area contributed by atoms with Crippen molar-refractivity contribution < 1.29 is 19.7 Å². The lowest BCUT2D eigenvalue weighted by Crippen LogP contribution is -2.00. The van der Waals surface area contributed by atoms with Gasteiger partial charge in [0.25, 0.3) is 0 Å². The number of methoxy groups -OCH3 is 1. The number of rotatable bonds is 4. The van der Waals surface area contributed by atoms with Crippen LogP contribution in [0, 0.1) is 0 Å². The first-order valence-corrected chi connectivity index (χ1v) is 5.77. The number of benzene rings is 2. The second-order valence-corrected chi connectivity index (χ2v) is 4.08. The van der Waals surface area contributed by atoms with Gasteiger partial charge in [0.2, 0.25) is 0 Å². The first-order valence-electron chi connectivity index (χ1n) is 5.77. The molecule has 98 valence electrons. The number of aromatic carboxylic acids is 1. The Balaban J connectivity index is 2.48. The minimum atomic E-state index is -1.02. The highest BCUT2D eigenvalue weighted by atomic mass is 16.5. The SMILES string of the molecule is COc1cc(-c2cccc(CO)c2)ccc1C(=O)O. The quantitative estimate of drug-likeness (QED) is 0.884. The monoisotopic (exact) mass is 258 g/mol. The van der Waals surface area contributed by atoms with Gasteiger partial charge in [-0.15, -0.1) is 0 Å². The molecular weight excluding hydrogens is 244 g/mol. The molecule has 0 aliphatic carbocycles. The van der Waals surface area contributed by atoms with Crippen LogP contribution in [0.3, 0.4) is 0 Å². The standard InChI is InChI=1S/C15H14O4/c1-19-14-8-12(5-6-13(14)15(17)18)11-4-2-3-10(7-11)9-16/h2-8,16H,9H2,1H3,(H,17,18). The lowest BCUT2D eigenvalue weighted by Gasteiger charge is -2.09. The predicted octanol–water partition coefficient (Wildman–Crippen LogP) is 2.55. The Bertz CT molecular complexity index is 605. The van der Waals surface area contributed by atoms with Gasteiger partial charge in [0.1, 0.15) is 11.3 Å². The second-order valence-electron chi connectivity index (χ2n) is 4.08. The van der Waals surface area contributed by atoms with Gasteiger partial charge in [0.15, 0.2) is 0 Å². The van der Waals surface area contributed by atoms with Gasteiger partial charge in [-0.3, -0.25) is 0 Å². The van der Waals surface area contributed by atoms with E-state index in [9.17, 15) is 4.79 Å². The van der Waals surface area contributed by atoms with Crippen molar-refractivity contribution in [3.63, 3.8) is 0 Å². The molecule has 2 N–H and O–H groups in total. The zero-order valence-corrected chi connectivity index (χ0v) is 10.5. The Labute approximate surface area is 110 Å². The van der Waals surface area contributed by atoms with Gasteiger partial charge < -0.3 is 14.9 Å². The van der Waals surface area contributed by atoms with Crippen LogP contribution in [0.4, 0.5) is 0 Å². The minimum Gasteiger partial charge on any atom is -0.496 e. The molecule has 0 saturated heterocycles. The van der Waals surface area contributed by atoms with Crippen molar-refractivity contribution in [3.05, 3.63) is 53.6 Å². The van der Waals surface area contributed by atoms with Crippen molar-refractivity contribution in [3.8, 4) is 16.9 Å². The van der Waals surface area contributed by atoms with E-state index in [0.29, 0.717) is 5.75 Å². The zero-order valence-electron chi connectivity index (χ0n) is 10.5. The molecule has 0 amide bonds. The summed E-state index contributed by atoms with van der Waals surface area (Å²) in [6, 6.07) is 12.3. The number of aliphatic hydroxyl groups excluding tert-OH is 1. The molecule has 0 aliphatic rings. The van der Waals surface area contributed by atoms with Crippen molar-refractivity contribution in [2.45, 2.75) is 6.61 Å². The molecule has 0 bridgehead atoms. The van der Waals surface area contributed by atoms with E-state index >= 15 is 0 Å². The van der Waals surface area contributed by atoms with Gasteiger partial charge in [-0.2, -0.15) is 0 Å². The maximum absolute atomic E-state index is 11.0. The number of carbonyl (C=O) groups is 1. The van der Waals surface area contributed by atoms with E-state index in [1.165, 1.54) is 13.2 Å². The summed E-state index contributed by atoms with van der Waals surface area (Å²) >= 11 is 0. The first kappa shape index (κ1) is 13.1. The third-order valence-corrected chi connectivity index (χ3v) is 2.87. The Morgan fingerprint density at radius 2 is 1.89 bits per heavy atom. The average molecular weight is 258 g/mol. The average Bonchev–Trinajstić information content (AvgIpc) is 2.46. The summed E-state index contributed by atoms with van der Waals surface area (Å²) in [7, 11) is 1.44. The van der Waals surface area contributed by atoms with Gasteiger partial charge in [-0.1, -0.05) is 24.3 Å². The molecular formula is C15H14O4. The lowest BCUT2D eigenvalue weighted by atomic mass is 10.0. The van der Waals surface area contributed by atoms with Gasteiger partial charge in [0.05, 0.1) is 13.7 Å². The van der Waals surface area contributed by atoms with Crippen molar-refractivity contribution in [2.75, 3.05) is 7.11 Å². The normalized spacial score (nSPS) is 10.2. The van der Waals surface area contributed by atoms with E-state index < -0.39 is 5.97 Å². The molecule has 0 spiro atoms. The fraction of sp³-hybridized carbons (Fsp3) is 0.133. The summed E-state index contributed by atoms with van der Waals surface area (Å²) < 4.78 is 5.10. The molecule has 0 heterocycles. The second kappa shape index (κ2) is 5.54. The Morgan fingerprint density at radius 1 is 1.16 bits per heavy atom. The van der Waals surface area contributed by atoms with E-state index in [0.717, 1.165) is 16.7 Å². The molecule has 2 aromatic rings. The molecule has 4 heteroatoms. The molecule has 2 rings (SSSR count). The van der Waals surface area contributed by atoms with E-state index in [1.54, 1.807) is 12.1 Å². The summed E-state index contributed by atoms with van der Waals surface area (Å²) in [6.07, 6.45) is 0. The zero-order chi connectivity index (χ0) is 13.8. The van der Waals surface area contributed by atoms with E-state index in [1.807, 2.05) is 24.3 Å². The van der Waals surface area contributed by atoms with E-state index in [-0.39, 0.29) is 12.2 Å². The Kier molecular flexibility index (Phi) is 3.82. The van der Waals surface area contributed by atoms with Gasteiger partial charge in [0, 0.05) is 0 Å². The Morgan fingerprint density at radius 3 is 2.53 bits per heavy atom. The van der Waals surface area contributed by atoms with Crippen LogP contribution >= 0.6 is 0 Å². The molecule has 0 radical (unpaired) electrons. The molecule has 0 saturated carbocycles. The third kappa shape index (κ3) is 2.74. The van der Waals surface area contributed by atoms with Crippen LogP contribution in [0.15, 0.2) is 42.5 Å². The number of carboxylic acids is 1. The van der Waals surface area contributed by atoms with Crippen LogP contribution in [0.25, 0.3) is 11.1 Å². The minimum absolute atomic E-state index is 0.0296. The van der Waals surface area contributed by atoms with Crippen molar-refractivity contribution >= 4 is 5.97 Å². The highest BCUT2D eigenvalue weighted by molar-refractivity contribution is 5.92. The maximum Gasteiger partial charge on any atom is 0.339 e. The summed E-state index contributed by atoms with van der Waals surface area (Å²) in [4.78, 5) is 11.0. The first-order chi connectivity index (χ1) is 9.15. The molecule has 4 nitrogen and oxygen atoms in total. The van der Waals surface area contributed by atoms with E-state index in [2.05, 4.69) is 0 Å². The lowest BCUT2D eigenvalue weighted by molar-refractivity contribution is 0.0693. The van der Waals surface area contributed by atoms with Gasteiger partial charge >= 0.3 is 5.97 Å². The topological polar surface area (TPSA) is 66.8 Å². The summed E-state index contributed by atoms with van der Waals surface area (Å²) in [6.45, 7) is -0.0296. The highest BCUT2D eigenvalue weighted by Gasteiger charge is 2.11. The molecule has 0 aromatic heterocycles.